The molecule has 2 unspecified atom stereocenters. The van der Waals surface area contributed by atoms with Crippen molar-refractivity contribution in [3.63, 3.8) is 0 Å². The van der Waals surface area contributed by atoms with Crippen LogP contribution in [-0.4, -0.2) is 61.6 Å². The lowest BCUT2D eigenvalue weighted by Gasteiger charge is -2.26. The fourth-order valence-corrected chi connectivity index (χ4v) is 5.17. The molecule has 1 saturated carbocycles. The first-order chi connectivity index (χ1) is 14.7. The number of nitrogens with zero attached hydrogens (tertiary/aromatic N) is 3. The van der Waals surface area contributed by atoms with E-state index < -0.39 is 0 Å². The molecule has 6 nitrogen and oxygen atoms in total. The molecular weight excluding hydrogens is 374 g/mol. The van der Waals surface area contributed by atoms with Crippen molar-refractivity contribution in [3.05, 3.63) is 29.8 Å². The summed E-state index contributed by atoms with van der Waals surface area (Å²) in [7, 11) is 0. The van der Waals surface area contributed by atoms with Gasteiger partial charge >= 0.3 is 0 Å². The van der Waals surface area contributed by atoms with E-state index in [0.29, 0.717) is 11.9 Å². The Hall–Kier alpha value is -2.24. The molecule has 2 atom stereocenters. The predicted molar refractivity (Wildman–Crippen MR) is 123 cm³/mol. The van der Waals surface area contributed by atoms with Gasteiger partial charge in [-0.25, -0.2) is 0 Å². The number of nitrogens with one attached hydrogen (secondary N) is 2. The van der Waals surface area contributed by atoms with Gasteiger partial charge in [-0.2, -0.15) is 0 Å². The average molecular weight is 412 g/mol. The zero-order valence-corrected chi connectivity index (χ0v) is 18.6. The highest BCUT2D eigenvalue weighted by Crippen LogP contribution is 2.29. The monoisotopic (exact) mass is 411 g/mol. The molecule has 1 aromatic rings. The lowest BCUT2D eigenvalue weighted by atomic mass is 10.1. The van der Waals surface area contributed by atoms with Crippen molar-refractivity contribution in [1.29, 1.82) is 0 Å². The van der Waals surface area contributed by atoms with Gasteiger partial charge in [-0.3, -0.25) is 9.79 Å². The second kappa shape index (κ2) is 9.71. The molecule has 2 heterocycles. The third-order valence-electron chi connectivity index (χ3n) is 6.86. The summed E-state index contributed by atoms with van der Waals surface area (Å²) in [5.41, 5.74) is 2.80. The molecule has 30 heavy (non-hydrogen) atoms. The number of para-hydroxylation sites is 1. The highest BCUT2D eigenvalue weighted by molar-refractivity contribution is 5.81. The summed E-state index contributed by atoms with van der Waals surface area (Å²) in [5.74, 6) is 1.52. The van der Waals surface area contributed by atoms with Gasteiger partial charge in [0.1, 0.15) is 0 Å². The standard InChI is InChI=1S/C24H37N5O/c1-3-25-24(26-16-18(2)29-15-12-19-8-6-7-11-22(19)29)27-21-13-14-28(17-21)23(30)20-9-4-5-10-20/h6-8,11,18,20-21H,3-5,9-10,12-17H2,1-2H3,(H2,25,26,27). The number of carbonyl (C=O) groups excluding carboxylic acids is 1. The zero-order chi connectivity index (χ0) is 20.9. The second-order valence-electron chi connectivity index (χ2n) is 9.04. The summed E-state index contributed by atoms with van der Waals surface area (Å²) >= 11 is 0. The van der Waals surface area contributed by atoms with Gasteiger partial charge in [-0.15, -0.1) is 0 Å². The van der Waals surface area contributed by atoms with Crippen molar-refractivity contribution in [3.8, 4) is 0 Å². The topological polar surface area (TPSA) is 60.0 Å². The van der Waals surface area contributed by atoms with Gasteiger partial charge in [-0.05, 0) is 51.2 Å². The Labute approximate surface area is 181 Å². The summed E-state index contributed by atoms with van der Waals surface area (Å²) in [6.07, 6.45) is 6.70. The Morgan fingerprint density at radius 2 is 2.00 bits per heavy atom. The van der Waals surface area contributed by atoms with Crippen LogP contribution in [0.3, 0.4) is 0 Å². The van der Waals surface area contributed by atoms with Crippen molar-refractivity contribution in [1.82, 2.24) is 15.5 Å². The number of likely N-dealkylation sites (tertiary alicyclic amines) is 1. The smallest absolute Gasteiger partial charge is 0.225 e. The summed E-state index contributed by atoms with van der Waals surface area (Å²) in [5, 5.41) is 6.97. The van der Waals surface area contributed by atoms with Crippen LogP contribution < -0.4 is 15.5 Å². The highest BCUT2D eigenvalue weighted by Gasteiger charge is 2.32. The van der Waals surface area contributed by atoms with Crippen LogP contribution in [0.25, 0.3) is 0 Å². The van der Waals surface area contributed by atoms with Gasteiger partial charge in [0.15, 0.2) is 5.96 Å². The summed E-state index contributed by atoms with van der Waals surface area (Å²) in [4.78, 5) is 22.1. The largest absolute Gasteiger partial charge is 0.366 e. The molecule has 1 saturated heterocycles. The molecule has 2 fully saturated rings. The van der Waals surface area contributed by atoms with Crippen LogP contribution in [0.2, 0.25) is 0 Å². The number of benzene rings is 1. The molecule has 1 aromatic carbocycles. The SMILES string of the molecule is CCNC(=NCC(C)N1CCc2ccccc21)NC1CCN(C(=O)C2CCCC2)C1. The van der Waals surface area contributed by atoms with Gasteiger partial charge in [0, 0.05) is 49.9 Å². The number of amides is 1. The van der Waals surface area contributed by atoms with E-state index >= 15 is 0 Å². The van der Waals surface area contributed by atoms with Crippen LogP contribution in [0.1, 0.15) is 51.5 Å². The number of fused-ring (bicyclic) bond motifs is 1. The molecule has 0 aromatic heterocycles. The summed E-state index contributed by atoms with van der Waals surface area (Å²) in [6, 6.07) is 9.35. The molecule has 0 radical (unpaired) electrons. The third-order valence-corrected chi connectivity index (χ3v) is 6.86. The van der Waals surface area contributed by atoms with E-state index in [1.54, 1.807) is 0 Å². The number of rotatable bonds is 6. The Kier molecular flexibility index (Phi) is 6.80. The first-order valence-corrected chi connectivity index (χ1v) is 11.8. The number of hydrogen-bond donors (Lipinski definition) is 2. The number of guanidine groups is 1. The van der Waals surface area contributed by atoms with Crippen molar-refractivity contribution < 1.29 is 4.79 Å². The van der Waals surface area contributed by atoms with Crippen molar-refractivity contribution >= 4 is 17.6 Å². The van der Waals surface area contributed by atoms with Gasteiger partial charge < -0.3 is 20.4 Å². The molecule has 164 valence electrons. The molecule has 2 N–H and O–H groups in total. The molecule has 4 rings (SSSR count). The van der Waals surface area contributed by atoms with E-state index in [2.05, 4.69) is 58.5 Å². The molecule has 2 aliphatic heterocycles. The highest BCUT2D eigenvalue weighted by atomic mass is 16.2. The van der Waals surface area contributed by atoms with Crippen LogP contribution in [0.5, 0.6) is 0 Å². The first-order valence-electron chi connectivity index (χ1n) is 11.8. The average Bonchev–Trinajstić information content (AvgIpc) is 3.52. The molecular formula is C24H37N5O. The maximum atomic E-state index is 12.7. The Morgan fingerprint density at radius 3 is 2.80 bits per heavy atom. The fraction of sp³-hybridized carbons (Fsp3) is 0.667. The van der Waals surface area contributed by atoms with Crippen molar-refractivity contribution in [2.24, 2.45) is 10.9 Å². The minimum Gasteiger partial charge on any atom is -0.366 e. The van der Waals surface area contributed by atoms with Gasteiger partial charge in [0.05, 0.1) is 6.54 Å². The van der Waals surface area contributed by atoms with Gasteiger partial charge in [-0.1, -0.05) is 31.0 Å². The normalized spacial score (nSPS) is 23.0. The van der Waals surface area contributed by atoms with E-state index in [9.17, 15) is 4.79 Å². The Morgan fingerprint density at radius 1 is 1.20 bits per heavy atom. The Bertz CT molecular complexity index is 758. The number of anilines is 1. The zero-order valence-electron chi connectivity index (χ0n) is 18.6. The van der Waals surface area contributed by atoms with E-state index in [1.165, 1.54) is 24.1 Å². The molecule has 0 bridgehead atoms. The third kappa shape index (κ3) is 4.73. The number of aliphatic imine (C=N–C) groups is 1. The van der Waals surface area contributed by atoms with E-state index in [-0.39, 0.29) is 12.0 Å². The maximum absolute atomic E-state index is 12.7. The molecule has 1 aliphatic carbocycles. The van der Waals surface area contributed by atoms with Crippen LogP contribution in [-0.2, 0) is 11.2 Å². The van der Waals surface area contributed by atoms with E-state index in [0.717, 1.165) is 64.4 Å². The molecule has 6 heteroatoms. The van der Waals surface area contributed by atoms with Crippen LogP contribution in [0.15, 0.2) is 29.3 Å². The van der Waals surface area contributed by atoms with Gasteiger partial charge in [0.2, 0.25) is 5.91 Å². The molecule has 1 amide bonds. The first kappa shape index (κ1) is 21.0. The minimum absolute atomic E-state index is 0.273. The molecule has 3 aliphatic rings. The maximum Gasteiger partial charge on any atom is 0.225 e. The summed E-state index contributed by atoms with van der Waals surface area (Å²) < 4.78 is 0. The quantitative estimate of drug-likeness (QED) is 0.558. The Balaban J connectivity index is 1.31. The summed E-state index contributed by atoms with van der Waals surface area (Å²) in [6.45, 7) is 8.68. The molecule has 0 spiro atoms. The minimum atomic E-state index is 0.273. The van der Waals surface area contributed by atoms with Crippen molar-refractivity contribution in [2.75, 3.05) is 37.6 Å². The van der Waals surface area contributed by atoms with Crippen LogP contribution in [0, 0.1) is 5.92 Å². The van der Waals surface area contributed by atoms with Crippen LogP contribution >= 0.6 is 0 Å². The van der Waals surface area contributed by atoms with Crippen molar-refractivity contribution in [2.45, 2.75) is 64.5 Å². The predicted octanol–water partition coefficient (Wildman–Crippen LogP) is 2.78. The lowest BCUT2D eigenvalue weighted by Crippen LogP contribution is -2.46. The van der Waals surface area contributed by atoms with E-state index in [4.69, 9.17) is 4.99 Å². The number of carbonyl (C=O) groups is 1. The van der Waals surface area contributed by atoms with Crippen LogP contribution in [0.4, 0.5) is 5.69 Å². The van der Waals surface area contributed by atoms with E-state index in [1.807, 2.05) is 0 Å². The van der Waals surface area contributed by atoms with Gasteiger partial charge in [0.25, 0.3) is 0 Å². The second-order valence-corrected chi connectivity index (χ2v) is 9.04. The fourth-order valence-electron chi connectivity index (χ4n) is 5.17. The lowest BCUT2D eigenvalue weighted by molar-refractivity contribution is -0.134. The number of hydrogen-bond acceptors (Lipinski definition) is 3.